The zero-order valence-electron chi connectivity index (χ0n) is 4.92. The van der Waals surface area contributed by atoms with Crippen LogP contribution in [0.5, 0.6) is 0 Å². The third-order valence-corrected chi connectivity index (χ3v) is 1.17. The Morgan fingerprint density at radius 2 is 2.33 bits per heavy atom. The van der Waals surface area contributed by atoms with Crippen molar-refractivity contribution < 1.29 is 4.79 Å². The van der Waals surface area contributed by atoms with Gasteiger partial charge in [0.1, 0.15) is 0 Å². The number of amides is 1. The van der Waals surface area contributed by atoms with Gasteiger partial charge in [-0.2, -0.15) is 0 Å². The Labute approximate surface area is 53.4 Å². The maximum atomic E-state index is 10.5. The van der Waals surface area contributed by atoms with Crippen molar-refractivity contribution in [3.8, 4) is 0 Å². The van der Waals surface area contributed by atoms with E-state index in [1.807, 2.05) is 0 Å². The summed E-state index contributed by atoms with van der Waals surface area (Å²) in [6, 6.07) is 0. The van der Waals surface area contributed by atoms with E-state index in [0.29, 0.717) is 11.1 Å². The number of nitrogens with two attached hydrogens (primary N) is 1. The maximum absolute atomic E-state index is 10.5. The van der Waals surface area contributed by atoms with Crippen molar-refractivity contribution in [2.45, 2.75) is 0 Å². The summed E-state index contributed by atoms with van der Waals surface area (Å²) in [5, 5.41) is 0. The van der Waals surface area contributed by atoms with E-state index >= 15 is 0 Å². The molecule has 46 valence electrons. The van der Waals surface area contributed by atoms with Gasteiger partial charge in [0.2, 0.25) is 5.91 Å². The molecular formula is C7H7NO. The molecule has 1 aliphatic rings. The van der Waals surface area contributed by atoms with Gasteiger partial charge in [0.05, 0.1) is 0 Å². The van der Waals surface area contributed by atoms with Crippen LogP contribution >= 0.6 is 0 Å². The molecule has 0 bridgehead atoms. The van der Waals surface area contributed by atoms with Crippen LogP contribution in [0, 0.1) is 0 Å². The molecule has 0 aromatic heterocycles. The highest BCUT2D eigenvalue weighted by Crippen LogP contribution is 2.14. The molecule has 9 heavy (non-hydrogen) atoms. The standard InChI is InChI=1S/C7H7NO/c1-5-3-2-4-6(5)7(8)9/h2-4H,1H2,(H2,8,9). The minimum absolute atomic E-state index is 0.412. The highest BCUT2D eigenvalue weighted by Gasteiger charge is 2.08. The van der Waals surface area contributed by atoms with Gasteiger partial charge in [-0.3, -0.25) is 4.79 Å². The van der Waals surface area contributed by atoms with Crippen molar-refractivity contribution in [1.29, 1.82) is 0 Å². The smallest absolute Gasteiger partial charge is 0.249 e. The molecule has 2 N–H and O–H groups in total. The second-order valence-electron chi connectivity index (χ2n) is 1.83. The van der Waals surface area contributed by atoms with Crippen LogP contribution in [0.2, 0.25) is 0 Å². The highest BCUT2D eigenvalue weighted by atomic mass is 16.1. The van der Waals surface area contributed by atoms with Crippen LogP contribution in [0.25, 0.3) is 0 Å². The van der Waals surface area contributed by atoms with Gasteiger partial charge in [0.15, 0.2) is 0 Å². The van der Waals surface area contributed by atoms with E-state index in [1.165, 1.54) is 0 Å². The third kappa shape index (κ3) is 0.914. The van der Waals surface area contributed by atoms with Crippen molar-refractivity contribution in [3.05, 3.63) is 36.0 Å². The zero-order valence-corrected chi connectivity index (χ0v) is 4.92. The molecule has 0 aromatic carbocycles. The molecule has 0 aromatic rings. The summed E-state index contributed by atoms with van der Waals surface area (Å²) in [4.78, 5) is 10.5. The molecule has 2 nitrogen and oxygen atoms in total. The van der Waals surface area contributed by atoms with Crippen LogP contribution in [-0.4, -0.2) is 5.91 Å². The minimum Gasteiger partial charge on any atom is -0.366 e. The van der Waals surface area contributed by atoms with Crippen molar-refractivity contribution in [1.82, 2.24) is 0 Å². The molecule has 0 unspecified atom stereocenters. The Morgan fingerprint density at radius 3 is 2.56 bits per heavy atom. The van der Waals surface area contributed by atoms with Crippen LogP contribution in [0.1, 0.15) is 0 Å². The average molecular weight is 121 g/mol. The topological polar surface area (TPSA) is 43.1 Å². The van der Waals surface area contributed by atoms with E-state index in [-0.39, 0.29) is 0 Å². The number of primary amides is 1. The van der Waals surface area contributed by atoms with Crippen molar-refractivity contribution in [2.75, 3.05) is 0 Å². The van der Waals surface area contributed by atoms with E-state index in [9.17, 15) is 4.79 Å². The lowest BCUT2D eigenvalue weighted by molar-refractivity contribution is -0.114. The van der Waals surface area contributed by atoms with Crippen molar-refractivity contribution in [2.24, 2.45) is 5.73 Å². The summed E-state index contributed by atoms with van der Waals surface area (Å²) in [7, 11) is 0. The fourth-order valence-corrected chi connectivity index (χ4v) is 0.698. The van der Waals surface area contributed by atoms with E-state index < -0.39 is 5.91 Å². The predicted molar refractivity (Wildman–Crippen MR) is 35.6 cm³/mol. The summed E-state index contributed by atoms with van der Waals surface area (Å²) >= 11 is 0. The molecule has 1 rings (SSSR count). The van der Waals surface area contributed by atoms with Gasteiger partial charge in [-0.15, -0.1) is 0 Å². The summed E-state index contributed by atoms with van der Waals surface area (Å²) in [6.45, 7) is 3.60. The van der Waals surface area contributed by atoms with Gasteiger partial charge < -0.3 is 5.73 Å². The number of rotatable bonds is 1. The fraction of sp³-hybridized carbons (Fsp3) is 0. The lowest BCUT2D eigenvalue weighted by Gasteiger charge is -1.93. The highest BCUT2D eigenvalue weighted by molar-refractivity contribution is 5.98. The molecule has 1 amide bonds. The molecule has 1 aliphatic carbocycles. The van der Waals surface area contributed by atoms with Crippen LogP contribution in [-0.2, 0) is 4.79 Å². The Balaban J connectivity index is 2.88. The van der Waals surface area contributed by atoms with Crippen LogP contribution in [0.3, 0.4) is 0 Å². The second-order valence-corrected chi connectivity index (χ2v) is 1.83. The summed E-state index contributed by atoms with van der Waals surface area (Å²) in [5.41, 5.74) is 6.19. The van der Waals surface area contributed by atoms with E-state index in [4.69, 9.17) is 5.73 Å². The Hall–Kier alpha value is -1.31. The molecule has 0 atom stereocenters. The first-order valence-corrected chi connectivity index (χ1v) is 2.59. The largest absolute Gasteiger partial charge is 0.366 e. The van der Waals surface area contributed by atoms with Gasteiger partial charge in [-0.05, 0) is 11.6 Å². The summed E-state index contributed by atoms with van der Waals surface area (Å²) in [6.07, 6.45) is 5.16. The normalized spacial score (nSPS) is 16.0. The first kappa shape index (κ1) is 5.82. The molecular weight excluding hydrogens is 114 g/mol. The molecule has 0 aliphatic heterocycles. The summed E-state index contributed by atoms with van der Waals surface area (Å²) in [5.74, 6) is -0.412. The van der Waals surface area contributed by atoms with Gasteiger partial charge in [0.25, 0.3) is 0 Å². The van der Waals surface area contributed by atoms with Gasteiger partial charge in [-0.25, -0.2) is 0 Å². The van der Waals surface area contributed by atoms with Crippen molar-refractivity contribution >= 4 is 5.91 Å². The van der Waals surface area contributed by atoms with E-state index in [1.54, 1.807) is 18.2 Å². The average Bonchev–Trinajstić information content (AvgIpc) is 2.13. The van der Waals surface area contributed by atoms with E-state index in [0.717, 1.165) is 0 Å². The number of carbonyl (C=O) groups excluding carboxylic acids is 1. The first-order valence-electron chi connectivity index (χ1n) is 2.59. The molecule has 0 saturated heterocycles. The number of hydrogen-bond acceptors (Lipinski definition) is 1. The lowest BCUT2D eigenvalue weighted by Crippen LogP contribution is -2.13. The lowest BCUT2D eigenvalue weighted by atomic mass is 10.1. The predicted octanol–water partition coefficient (Wildman–Crippen LogP) is 0.524. The van der Waals surface area contributed by atoms with E-state index in [2.05, 4.69) is 6.58 Å². The fourth-order valence-electron chi connectivity index (χ4n) is 0.698. The number of carbonyl (C=O) groups is 1. The molecule has 2 heteroatoms. The molecule has 0 fully saturated rings. The van der Waals surface area contributed by atoms with Crippen molar-refractivity contribution in [3.63, 3.8) is 0 Å². The Kier molecular flexibility index (Phi) is 1.23. The SMILES string of the molecule is C=C1C=CC=C1C(N)=O. The maximum Gasteiger partial charge on any atom is 0.249 e. The van der Waals surface area contributed by atoms with Gasteiger partial charge in [-0.1, -0.05) is 18.7 Å². The number of allylic oxidation sites excluding steroid dienone is 3. The van der Waals surface area contributed by atoms with Gasteiger partial charge in [0, 0.05) is 5.57 Å². The molecule has 0 heterocycles. The second kappa shape index (κ2) is 1.90. The van der Waals surface area contributed by atoms with Crippen LogP contribution in [0.4, 0.5) is 0 Å². The van der Waals surface area contributed by atoms with Crippen LogP contribution < -0.4 is 5.73 Å². The third-order valence-electron chi connectivity index (χ3n) is 1.17. The molecule has 0 saturated carbocycles. The molecule has 0 spiro atoms. The summed E-state index contributed by atoms with van der Waals surface area (Å²) < 4.78 is 0. The molecule has 0 radical (unpaired) electrons. The monoisotopic (exact) mass is 121 g/mol. The Morgan fingerprint density at radius 1 is 1.67 bits per heavy atom. The van der Waals surface area contributed by atoms with Gasteiger partial charge >= 0.3 is 0 Å². The Bertz CT molecular complexity index is 223. The minimum atomic E-state index is -0.412. The number of hydrogen-bond donors (Lipinski definition) is 1. The van der Waals surface area contributed by atoms with Crippen LogP contribution in [0.15, 0.2) is 36.0 Å². The quantitative estimate of drug-likeness (QED) is 0.540. The first-order chi connectivity index (χ1) is 4.22. The zero-order chi connectivity index (χ0) is 6.85.